The van der Waals surface area contributed by atoms with Crippen LogP contribution in [-0.2, 0) is 29.0 Å². The van der Waals surface area contributed by atoms with E-state index in [-0.39, 0.29) is 18.2 Å². The highest BCUT2D eigenvalue weighted by molar-refractivity contribution is 5.88. The fraction of sp³-hybridized carbons (Fsp3) is 0.286. The minimum Gasteiger partial charge on any atom is -0.354 e. The summed E-state index contributed by atoms with van der Waals surface area (Å²) in [6.07, 6.45) is 0.731. The molecule has 3 aromatic carbocycles. The monoisotopic (exact) mass is 428 g/mol. The average Bonchev–Trinajstić information content (AvgIpc) is 2.81. The summed E-state index contributed by atoms with van der Waals surface area (Å²) in [6, 6.07) is 28.9. The summed E-state index contributed by atoms with van der Waals surface area (Å²) in [5.74, 6) is 0.166. The first-order valence-corrected chi connectivity index (χ1v) is 11.2. The molecule has 4 heteroatoms. The first kappa shape index (κ1) is 23.3. The number of hydrogen-bond acceptors (Lipinski definition) is 2. The van der Waals surface area contributed by atoms with E-state index in [1.54, 1.807) is 4.90 Å². The van der Waals surface area contributed by atoms with Crippen molar-refractivity contribution in [1.29, 1.82) is 0 Å². The zero-order valence-electron chi connectivity index (χ0n) is 18.9. The fourth-order valence-corrected chi connectivity index (χ4v) is 3.63. The average molecular weight is 429 g/mol. The second-order valence-corrected chi connectivity index (χ2v) is 8.51. The summed E-state index contributed by atoms with van der Waals surface area (Å²) in [5, 5.41) is 3.05. The maximum atomic E-state index is 13.5. The minimum atomic E-state index is -0.590. The van der Waals surface area contributed by atoms with Crippen LogP contribution in [0.5, 0.6) is 0 Å². The number of benzene rings is 3. The van der Waals surface area contributed by atoms with Gasteiger partial charge in [0.1, 0.15) is 6.04 Å². The van der Waals surface area contributed by atoms with Crippen molar-refractivity contribution in [2.24, 2.45) is 5.92 Å². The molecule has 3 rings (SSSR count). The first-order chi connectivity index (χ1) is 15.5. The summed E-state index contributed by atoms with van der Waals surface area (Å²) < 4.78 is 0. The van der Waals surface area contributed by atoms with Gasteiger partial charge in [-0.15, -0.1) is 0 Å². The Morgan fingerprint density at radius 3 is 1.78 bits per heavy atom. The van der Waals surface area contributed by atoms with Gasteiger partial charge in [0.15, 0.2) is 0 Å². The molecule has 166 valence electrons. The largest absolute Gasteiger partial charge is 0.354 e. The maximum Gasteiger partial charge on any atom is 0.243 e. The third-order valence-corrected chi connectivity index (χ3v) is 5.35. The van der Waals surface area contributed by atoms with E-state index in [0.717, 1.165) is 16.7 Å². The summed E-state index contributed by atoms with van der Waals surface area (Å²) in [6.45, 7) is 5.10. The molecule has 0 heterocycles. The van der Waals surface area contributed by atoms with Crippen LogP contribution < -0.4 is 5.32 Å². The number of hydrogen-bond donors (Lipinski definition) is 1. The second kappa shape index (κ2) is 11.8. The zero-order valence-corrected chi connectivity index (χ0v) is 18.9. The molecule has 3 aromatic rings. The highest BCUT2D eigenvalue weighted by Crippen LogP contribution is 2.16. The second-order valence-electron chi connectivity index (χ2n) is 8.51. The van der Waals surface area contributed by atoms with Crippen LogP contribution in [0.15, 0.2) is 91.0 Å². The van der Waals surface area contributed by atoms with E-state index in [4.69, 9.17) is 0 Å². The number of nitrogens with zero attached hydrogens (tertiary/aromatic N) is 1. The Kier molecular flexibility index (Phi) is 8.61. The third kappa shape index (κ3) is 7.09. The molecule has 4 nitrogen and oxygen atoms in total. The Labute approximate surface area is 191 Å². The molecule has 1 unspecified atom stereocenters. The molecular formula is C28H32N2O2. The normalized spacial score (nSPS) is 11.7. The van der Waals surface area contributed by atoms with Gasteiger partial charge in [-0.25, -0.2) is 0 Å². The lowest BCUT2D eigenvalue weighted by Crippen LogP contribution is -2.51. The predicted octanol–water partition coefficient (Wildman–Crippen LogP) is 4.64. The maximum absolute atomic E-state index is 13.5. The lowest BCUT2D eigenvalue weighted by molar-refractivity contribution is -0.140. The van der Waals surface area contributed by atoms with Crippen LogP contribution in [0.1, 0.15) is 30.5 Å². The molecule has 0 aliphatic rings. The SMILES string of the molecule is CC(C)CNC(=O)C(Cc1ccccc1)N(Cc1ccccc1)C(=O)Cc1ccccc1. The van der Waals surface area contributed by atoms with E-state index in [0.29, 0.717) is 25.4 Å². The van der Waals surface area contributed by atoms with Crippen LogP contribution in [0, 0.1) is 5.92 Å². The number of rotatable bonds is 10. The van der Waals surface area contributed by atoms with Crippen LogP contribution in [0.25, 0.3) is 0 Å². The molecule has 0 aliphatic carbocycles. The van der Waals surface area contributed by atoms with Crippen molar-refractivity contribution in [2.75, 3.05) is 6.54 Å². The Morgan fingerprint density at radius 2 is 1.25 bits per heavy atom. The lowest BCUT2D eigenvalue weighted by atomic mass is 10.0. The Balaban J connectivity index is 1.92. The van der Waals surface area contributed by atoms with E-state index < -0.39 is 6.04 Å². The standard InChI is InChI=1S/C28H32N2O2/c1-22(2)20-29-28(32)26(18-23-12-6-3-7-13-23)30(21-25-16-10-5-11-17-25)27(31)19-24-14-8-4-9-15-24/h3-17,22,26H,18-21H2,1-2H3,(H,29,32). The summed E-state index contributed by atoms with van der Waals surface area (Å²) in [5.41, 5.74) is 2.98. The van der Waals surface area contributed by atoms with Gasteiger partial charge in [-0.3, -0.25) is 9.59 Å². The van der Waals surface area contributed by atoms with Crippen LogP contribution >= 0.6 is 0 Å². The molecule has 0 aliphatic heterocycles. The van der Waals surface area contributed by atoms with Crippen molar-refractivity contribution in [3.63, 3.8) is 0 Å². The topological polar surface area (TPSA) is 49.4 Å². The number of carbonyl (C=O) groups excluding carboxylic acids is 2. The van der Waals surface area contributed by atoms with E-state index in [1.165, 1.54) is 0 Å². The smallest absolute Gasteiger partial charge is 0.243 e. The fourth-order valence-electron chi connectivity index (χ4n) is 3.63. The van der Waals surface area contributed by atoms with Gasteiger partial charge in [0.25, 0.3) is 0 Å². The highest BCUT2D eigenvalue weighted by atomic mass is 16.2. The molecule has 2 amide bonds. The van der Waals surface area contributed by atoms with Crippen molar-refractivity contribution in [1.82, 2.24) is 10.2 Å². The van der Waals surface area contributed by atoms with Crippen molar-refractivity contribution < 1.29 is 9.59 Å². The molecule has 0 saturated carbocycles. The first-order valence-electron chi connectivity index (χ1n) is 11.2. The van der Waals surface area contributed by atoms with Crippen molar-refractivity contribution in [2.45, 2.75) is 39.3 Å². The molecule has 0 saturated heterocycles. The molecule has 0 fully saturated rings. The van der Waals surface area contributed by atoms with Crippen molar-refractivity contribution in [3.8, 4) is 0 Å². The predicted molar refractivity (Wildman–Crippen MR) is 129 cm³/mol. The summed E-state index contributed by atoms with van der Waals surface area (Å²) in [4.78, 5) is 28.6. The quantitative estimate of drug-likeness (QED) is 0.511. The van der Waals surface area contributed by atoms with E-state index in [9.17, 15) is 9.59 Å². The number of amides is 2. The molecular weight excluding hydrogens is 396 g/mol. The molecule has 0 spiro atoms. The Morgan fingerprint density at radius 1 is 0.750 bits per heavy atom. The van der Waals surface area contributed by atoms with Gasteiger partial charge in [-0.1, -0.05) is 105 Å². The Hall–Kier alpha value is -3.40. The van der Waals surface area contributed by atoms with E-state index in [2.05, 4.69) is 19.2 Å². The van der Waals surface area contributed by atoms with Crippen molar-refractivity contribution in [3.05, 3.63) is 108 Å². The van der Waals surface area contributed by atoms with E-state index >= 15 is 0 Å². The van der Waals surface area contributed by atoms with Gasteiger partial charge < -0.3 is 10.2 Å². The molecule has 0 bridgehead atoms. The van der Waals surface area contributed by atoms with Crippen LogP contribution in [-0.4, -0.2) is 29.3 Å². The summed E-state index contributed by atoms with van der Waals surface area (Å²) in [7, 11) is 0. The number of carbonyl (C=O) groups is 2. The molecule has 0 aromatic heterocycles. The van der Waals surface area contributed by atoms with Crippen LogP contribution in [0.2, 0.25) is 0 Å². The van der Waals surface area contributed by atoms with Gasteiger partial charge in [0.05, 0.1) is 6.42 Å². The van der Waals surface area contributed by atoms with Crippen molar-refractivity contribution >= 4 is 11.8 Å². The van der Waals surface area contributed by atoms with Gasteiger partial charge in [0, 0.05) is 19.5 Å². The molecule has 1 N–H and O–H groups in total. The number of nitrogens with one attached hydrogen (secondary N) is 1. The molecule has 0 radical (unpaired) electrons. The van der Waals surface area contributed by atoms with Gasteiger partial charge in [-0.05, 0) is 22.6 Å². The zero-order chi connectivity index (χ0) is 22.8. The Bertz CT molecular complexity index is 972. The minimum absolute atomic E-state index is 0.0549. The molecule has 32 heavy (non-hydrogen) atoms. The third-order valence-electron chi connectivity index (χ3n) is 5.35. The highest BCUT2D eigenvalue weighted by Gasteiger charge is 2.30. The van der Waals surface area contributed by atoms with Gasteiger partial charge >= 0.3 is 0 Å². The molecule has 1 atom stereocenters. The van der Waals surface area contributed by atoms with Gasteiger partial charge in [0.2, 0.25) is 11.8 Å². The van der Waals surface area contributed by atoms with Crippen LogP contribution in [0.4, 0.5) is 0 Å². The lowest BCUT2D eigenvalue weighted by Gasteiger charge is -2.32. The summed E-state index contributed by atoms with van der Waals surface area (Å²) >= 11 is 0. The van der Waals surface area contributed by atoms with E-state index in [1.807, 2.05) is 91.0 Å². The van der Waals surface area contributed by atoms with Gasteiger partial charge in [-0.2, -0.15) is 0 Å². The van der Waals surface area contributed by atoms with Crippen LogP contribution in [0.3, 0.4) is 0 Å².